The second-order valence-corrected chi connectivity index (χ2v) is 7.46. The molecular weight excluding hydrogens is 381 g/mol. The van der Waals surface area contributed by atoms with E-state index in [2.05, 4.69) is 4.98 Å². The Morgan fingerprint density at radius 2 is 1.73 bits per heavy atom. The van der Waals surface area contributed by atoms with Gasteiger partial charge < -0.3 is 14.5 Å². The van der Waals surface area contributed by atoms with Crippen LogP contribution in [0.2, 0.25) is 0 Å². The van der Waals surface area contributed by atoms with Crippen molar-refractivity contribution in [3.63, 3.8) is 0 Å². The number of hydrogen-bond donors (Lipinski definition) is 2. The first-order valence-corrected chi connectivity index (χ1v) is 9.61. The molecule has 0 spiro atoms. The van der Waals surface area contributed by atoms with Crippen molar-refractivity contribution in [3.05, 3.63) is 99.6 Å². The molecule has 0 fully saturated rings. The Hall–Kier alpha value is -3.86. The number of rotatable bonds is 3. The minimum absolute atomic E-state index is 0.123. The lowest BCUT2D eigenvalue weighted by atomic mass is 10.1. The van der Waals surface area contributed by atoms with Crippen LogP contribution in [0, 0.1) is 12.7 Å². The summed E-state index contributed by atoms with van der Waals surface area (Å²) in [6.07, 6.45) is 0.484. The van der Waals surface area contributed by atoms with Crippen LogP contribution in [0.5, 0.6) is 5.75 Å². The molecular formula is C25H18FNO3. The Labute approximate surface area is 171 Å². The Kier molecular flexibility index (Phi) is 4.17. The standard InChI is InChI=1S/C25H18FNO3/c1-14-2-11-21-19(12-14)24(29)22-23(16-5-7-17(26)8-6-16)27-20(25(22)30-21)13-15-3-9-18(28)10-4-15/h2-12,27-28H,13H2,1H3. The number of phenolic OH excluding ortho intramolecular Hbond substituents is 1. The van der Waals surface area contributed by atoms with E-state index in [1.165, 1.54) is 12.1 Å². The van der Waals surface area contributed by atoms with E-state index < -0.39 is 0 Å². The molecule has 0 amide bonds. The molecule has 2 aromatic heterocycles. The summed E-state index contributed by atoms with van der Waals surface area (Å²) in [6.45, 7) is 1.93. The van der Waals surface area contributed by atoms with Gasteiger partial charge in [-0.05, 0) is 66.6 Å². The number of aromatic nitrogens is 1. The minimum atomic E-state index is -0.341. The third-order valence-corrected chi connectivity index (χ3v) is 5.30. The zero-order valence-corrected chi connectivity index (χ0v) is 16.2. The van der Waals surface area contributed by atoms with Gasteiger partial charge in [0.2, 0.25) is 5.43 Å². The Bertz CT molecular complexity index is 1450. The van der Waals surface area contributed by atoms with Crippen LogP contribution in [-0.2, 0) is 6.42 Å². The van der Waals surface area contributed by atoms with Gasteiger partial charge in [-0.2, -0.15) is 0 Å². The molecule has 30 heavy (non-hydrogen) atoms. The van der Waals surface area contributed by atoms with E-state index in [0.29, 0.717) is 39.6 Å². The van der Waals surface area contributed by atoms with Crippen molar-refractivity contribution in [2.75, 3.05) is 0 Å². The Morgan fingerprint density at radius 3 is 2.47 bits per heavy atom. The number of benzene rings is 3. The molecule has 0 radical (unpaired) electrons. The van der Waals surface area contributed by atoms with Crippen LogP contribution < -0.4 is 5.43 Å². The topological polar surface area (TPSA) is 66.2 Å². The summed E-state index contributed by atoms with van der Waals surface area (Å²) < 4.78 is 19.6. The predicted octanol–water partition coefficient (Wildman–Crippen LogP) is 5.69. The summed E-state index contributed by atoms with van der Waals surface area (Å²) in [6, 6.07) is 18.4. The molecule has 2 N–H and O–H groups in total. The minimum Gasteiger partial charge on any atom is -0.508 e. The van der Waals surface area contributed by atoms with Crippen LogP contribution in [0.1, 0.15) is 16.8 Å². The van der Waals surface area contributed by atoms with Gasteiger partial charge in [0.15, 0.2) is 5.58 Å². The third kappa shape index (κ3) is 3.05. The SMILES string of the molecule is Cc1ccc2oc3c(Cc4ccc(O)cc4)[nH]c(-c4ccc(F)cc4)c3c(=O)c2c1. The smallest absolute Gasteiger partial charge is 0.202 e. The number of nitrogens with one attached hydrogen (secondary N) is 1. The maximum absolute atomic E-state index is 13.5. The second-order valence-electron chi connectivity index (χ2n) is 7.46. The van der Waals surface area contributed by atoms with Crippen molar-refractivity contribution < 1.29 is 13.9 Å². The number of halogens is 1. The van der Waals surface area contributed by atoms with Crippen LogP contribution in [0.3, 0.4) is 0 Å². The van der Waals surface area contributed by atoms with Crippen LogP contribution in [0.15, 0.2) is 75.9 Å². The van der Waals surface area contributed by atoms with E-state index in [1.54, 1.807) is 30.3 Å². The maximum atomic E-state index is 13.5. The molecule has 0 aliphatic rings. The molecule has 148 valence electrons. The predicted molar refractivity (Wildman–Crippen MR) is 115 cm³/mol. The molecule has 0 atom stereocenters. The normalized spacial score (nSPS) is 11.4. The fourth-order valence-corrected chi connectivity index (χ4v) is 3.79. The molecule has 0 aliphatic carbocycles. The van der Waals surface area contributed by atoms with E-state index in [0.717, 1.165) is 16.8 Å². The highest BCUT2D eigenvalue weighted by molar-refractivity contribution is 6.00. The van der Waals surface area contributed by atoms with Crippen molar-refractivity contribution in [2.45, 2.75) is 13.3 Å². The molecule has 0 aliphatic heterocycles. The van der Waals surface area contributed by atoms with Crippen LogP contribution in [0.25, 0.3) is 33.2 Å². The highest BCUT2D eigenvalue weighted by Gasteiger charge is 2.20. The lowest BCUT2D eigenvalue weighted by molar-refractivity contribution is 0.475. The van der Waals surface area contributed by atoms with Crippen molar-refractivity contribution in [2.24, 2.45) is 0 Å². The van der Waals surface area contributed by atoms with E-state index in [1.807, 2.05) is 31.2 Å². The van der Waals surface area contributed by atoms with Gasteiger partial charge in [0.1, 0.15) is 17.1 Å². The number of aromatic hydroxyl groups is 1. The average Bonchev–Trinajstić information content (AvgIpc) is 3.09. The summed E-state index contributed by atoms with van der Waals surface area (Å²) in [4.78, 5) is 16.8. The number of fused-ring (bicyclic) bond motifs is 2. The molecule has 5 heteroatoms. The summed E-state index contributed by atoms with van der Waals surface area (Å²) in [5.74, 6) is -0.151. The fourth-order valence-electron chi connectivity index (χ4n) is 3.79. The molecule has 0 saturated heterocycles. The van der Waals surface area contributed by atoms with Gasteiger partial charge in [-0.1, -0.05) is 23.8 Å². The van der Waals surface area contributed by atoms with Crippen LogP contribution in [-0.4, -0.2) is 10.1 Å². The zero-order chi connectivity index (χ0) is 20.8. The van der Waals surface area contributed by atoms with E-state index in [4.69, 9.17) is 4.42 Å². The molecule has 2 heterocycles. The fraction of sp³-hybridized carbons (Fsp3) is 0.0800. The van der Waals surface area contributed by atoms with Gasteiger partial charge in [-0.3, -0.25) is 4.79 Å². The number of aromatic amines is 1. The molecule has 5 aromatic rings. The van der Waals surface area contributed by atoms with Crippen molar-refractivity contribution >= 4 is 21.9 Å². The number of aryl methyl sites for hydroxylation is 1. The Morgan fingerprint density at radius 1 is 1.00 bits per heavy atom. The van der Waals surface area contributed by atoms with Gasteiger partial charge in [0.25, 0.3) is 0 Å². The highest BCUT2D eigenvalue weighted by Crippen LogP contribution is 2.32. The largest absolute Gasteiger partial charge is 0.508 e. The van der Waals surface area contributed by atoms with Crippen LogP contribution in [0.4, 0.5) is 4.39 Å². The highest BCUT2D eigenvalue weighted by atomic mass is 19.1. The molecule has 3 aromatic carbocycles. The van der Waals surface area contributed by atoms with E-state index in [-0.39, 0.29) is 17.0 Å². The van der Waals surface area contributed by atoms with Gasteiger partial charge >= 0.3 is 0 Å². The first kappa shape index (κ1) is 18.2. The monoisotopic (exact) mass is 399 g/mol. The Balaban J connectivity index is 1.80. The quantitative estimate of drug-likeness (QED) is 0.410. The molecule has 4 nitrogen and oxygen atoms in total. The van der Waals surface area contributed by atoms with Gasteiger partial charge in [0.05, 0.1) is 22.2 Å². The van der Waals surface area contributed by atoms with Gasteiger partial charge in [-0.25, -0.2) is 4.39 Å². The summed E-state index contributed by atoms with van der Waals surface area (Å²) in [7, 11) is 0. The maximum Gasteiger partial charge on any atom is 0.202 e. The first-order chi connectivity index (χ1) is 14.5. The van der Waals surface area contributed by atoms with Crippen LogP contribution >= 0.6 is 0 Å². The van der Waals surface area contributed by atoms with Gasteiger partial charge in [-0.15, -0.1) is 0 Å². The first-order valence-electron chi connectivity index (χ1n) is 9.61. The summed E-state index contributed by atoms with van der Waals surface area (Å²) in [5.41, 5.74) is 4.87. The van der Waals surface area contributed by atoms with Crippen molar-refractivity contribution in [1.29, 1.82) is 0 Å². The average molecular weight is 399 g/mol. The third-order valence-electron chi connectivity index (χ3n) is 5.30. The summed E-state index contributed by atoms with van der Waals surface area (Å²) >= 11 is 0. The zero-order valence-electron chi connectivity index (χ0n) is 16.2. The lowest BCUT2D eigenvalue weighted by Crippen LogP contribution is -2.02. The second kappa shape index (κ2) is 6.88. The van der Waals surface area contributed by atoms with E-state index in [9.17, 15) is 14.3 Å². The van der Waals surface area contributed by atoms with Crippen molar-refractivity contribution in [1.82, 2.24) is 4.98 Å². The molecule has 0 saturated carbocycles. The number of H-pyrrole nitrogens is 1. The number of phenols is 1. The van der Waals surface area contributed by atoms with Gasteiger partial charge in [0, 0.05) is 6.42 Å². The summed E-state index contributed by atoms with van der Waals surface area (Å²) in [5, 5.41) is 10.5. The lowest BCUT2D eigenvalue weighted by Gasteiger charge is -2.03. The molecule has 5 rings (SSSR count). The number of hydrogen-bond acceptors (Lipinski definition) is 3. The van der Waals surface area contributed by atoms with Crippen molar-refractivity contribution in [3.8, 4) is 17.0 Å². The van der Waals surface area contributed by atoms with E-state index >= 15 is 0 Å². The molecule has 0 bridgehead atoms. The molecule has 0 unspecified atom stereocenters.